The number of benzene rings is 1. The molecule has 0 heterocycles. The Morgan fingerprint density at radius 2 is 1.89 bits per heavy atom. The van der Waals surface area contributed by atoms with E-state index in [9.17, 15) is 0 Å². The lowest BCUT2D eigenvalue weighted by Gasteiger charge is -2.25. The first-order valence-electron chi connectivity index (χ1n) is 6.73. The van der Waals surface area contributed by atoms with Crippen LogP contribution in [0.3, 0.4) is 0 Å². The fraction of sp³-hybridized carbons (Fsp3) is 0.600. The highest BCUT2D eigenvalue weighted by molar-refractivity contribution is 6.30. The average Bonchev–Trinajstić information content (AvgIpc) is 3.15. The van der Waals surface area contributed by atoms with Crippen LogP contribution in [0.5, 0.6) is 0 Å². The molecule has 0 aromatic heterocycles. The van der Waals surface area contributed by atoms with Crippen molar-refractivity contribution in [1.82, 2.24) is 10.2 Å². The molecule has 1 aliphatic rings. The van der Waals surface area contributed by atoms with Crippen LogP contribution in [0.2, 0.25) is 5.02 Å². The van der Waals surface area contributed by atoms with Gasteiger partial charge >= 0.3 is 0 Å². The standard InChI is InChI=1S/C15H23ClN2/c1-11(18(2)3)10-17-15(12-4-5-12)13-6-8-14(16)9-7-13/h6-9,11-12,15,17H,4-5,10H2,1-3H3. The summed E-state index contributed by atoms with van der Waals surface area (Å²) in [5.41, 5.74) is 1.37. The van der Waals surface area contributed by atoms with E-state index in [2.05, 4.69) is 43.4 Å². The molecule has 0 saturated heterocycles. The average molecular weight is 267 g/mol. The van der Waals surface area contributed by atoms with E-state index < -0.39 is 0 Å². The summed E-state index contributed by atoms with van der Waals surface area (Å²) in [7, 11) is 4.25. The van der Waals surface area contributed by atoms with Gasteiger partial charge in [-0.05, 0) is 57.5 Å². The summed E-state index contributed by atoms with van der Waals surface area (Å²) >= 11 is 5.95. The lowest BCUT2D eigenvalue weighted by atomic mass is 10.0. The fourth-order valence-corrected chi connectivity index (χ4v) is 2.26. The maximum absolute atomic E-state index is 5.95. The molecule has 1 fully saturated rings. The van der Waals surface area contributed by atoms with Gasteiger partial charge in [0.1, 0.15) is 0 Å². The highest BCUT2D eigenvalue weighted by Gasteiger charge is 2.32. The Labute approximate surface area is 115 Å². The molecule has 0 amide bonds. The van der Waals surface area contributed by atoms with Crippen LogP contribution in [0.4, 0.5) is 0 Å². The zero-order chi connectivity index (χ0) is 13.1. The minimum atomic E-state index is 0.490. The summed E-state index contributed by atoms with van der Waals surface area (Å²) in [6.07, 6.45) is 2.69. The van der Waals surface area contributed by atoms with E-state index in [1.165, 1.54) is 18.4 Å². The van der Waals surface area contributed by atoms with E-state index >= 15 is 0 Å². The molecule has 0 spiro atoms. The minimum Gasteiger partial charge on any atom is -0.308 e. The lowest BCUT2D eigenvalue weighted by Crippen LogP contribution is -2.37. The first kappa shape index (κ1) is 13.9. The van der Waals surface area contributed by atoms with E-state index in [0.29, 0.717) is 12.1 Å². The Hall–Kier alpha value is -0.570. The third kappa shape index (κ3) is 3.71. The van der Waals surface area contributed by atoms with Gasteiger partial charge in [0, 0.05) is 23.7 Å². The molecule has 2 rings (SSSR count). The number of nitrogens with zero attached hydrogens (tertiary/aromatic N) is 1. The van der Waals surface area contributed by atoms with E-state index in [0.717, 1.165) is 17.5 Å². The van der Waals surface area contributed by atoms with Gasteiger partial charge in [-0.3, -0.25) is 0 Å². The highest BCUT2D eigenvalue weighted by atomic mass is 35.5. The molecule has 2 unspecified atom stereocenters. The number of rotatable bonds is 6. The van der Waals surface area contributed by atoms with E-state index in [1.54, 1.807) is 0 Å². The van der Waals surface area contributed by atoms with Crippen molar-refractivity contribution in [2.75, 3.05) is 20.6 Å². The second-order valence-electron chi connectivity index (χ2n) is 5.59. The molecule has 2 atom stereocenters. The van der Waals surface area contributed by atoms with E-state index in [-0.39, 0.29) is 0 Å². The minimum absolute atomic E-state index is 0.490. The summed E-state index contributed by atoms with van der Waals surface area (Å²) in [6.45, 7) is 3.27. The van der Waals surface area contributed by atoms with Crippen molar-refractivity contribution < 1.29 is 0 Å². The smallest absolute Gasteiger partial charge is 0.0406 e. The Morgan fingerprint density at radius 3 is 2.39 bits per heavy atom. The third-order valence-corrected chi connectivity index (χ3v) is 4.09. The number of hydrogen-bond acceptors (Lipinski definition) is 2. The quantitative estimate of drug-likeness (QED) is 0.850. The van der Waals surface area contributed by atoms with Crippen LogP contribution in [0.1, 0.15) is 31.4 Å². The van der Waals surface area contributed by atoms with Gasteiger partial charge in [-0.15, -0.1) is 0 Å². The van der Waals surface area contributed by atoms with Crippen molar-refractivity contribution in [3.8, 4) is 0 Å². The molecule has 1 saturated carbocycles. The number of likely N-dealkylation sites (N-methyl/N-ethyl adjacent to an activating group) is 1. The van der Waals surface area contributed by atoms with Gasteiger partial charge in [-0.25, -0.2) is 0 Å². The van der Waals surface area contributed by atoms with Crippen molar-refractivity contribution in [1.29, 1.82) is 0 Å². The van der Waals surface area contributed by atoms with Crippen LogP contribution in [0.15, 0.2) is 24.3 Å². The maximum Gasteiger partial charge on any atom is 0.0406 e. The second kappa shape index (κ2) is 6.05. The zero-order valence-electron chi connectivity index (χ0n) is 11.5. The van der Waals surface area contributed by atoms with Crippen molar-refractivity contribution in [3.63, 3.8) is 0 Å². The van der Waals surface area contributed by atoms with Gasteiger partial charge < -0.3 is 10.2 Å². The van der Waals surface area contributed by atoms with Crippen LogP contribution < -0.4 is 5.32 Å². The lowest BCUT2D eigenvalue weighted by molar-refractivity contribution is 0.288. The van der Waals surface area contributed by atoms with Gasteiger partial charge in [-0.1, -0.05) is 23.7 Å². The maximum atomic E-state index is 5.95. The van der Waals surface area contributed by atoms with Gasteiger partial charge in [-0.2, -0.15) is 0 Å². The summed E-state index contributed by atoms with van der Waals surface area (Å²) in [6, 6.07) is 9.33. The second-order valence-corrected chi connectivity index (χ2v) is 6.02. The molecule has 18 heavy (non-hydrogen) atoms. The van der Waals surface area contributed by atoms with Crippen molar-refractivity contribution in [2.24, 2.45) is 5.92 Å². The number of halogens is 1. The van der Waals surface area contributed by atoms with Crippen LogP contribution in [0, 0.1) is 5.92 Å². The Bertz CT molecular complexity index is 371. The van der Waals surface area contributed by atoms with Crippen molar-refractivity contribution >= 4 is 11.6 Å². The molecule has 0 bridgehead atoms. The van der Waals surface area contributed by atoms with Crippen molar-refractivity contribution in [2.45, 2.75) is 31.8 Å². The number of nitrogens with one attached hydrogen (secondary N) is 1. The molecule has 1 aliphatic carbocycles. The Kier molecular flexibility index (Phi) is 4.66. The zero-order valence-corrected chi connectivity index (χ0v) is 12.2. The first-order chi connectivity index (χ1) is 8.58. The van der Waals surface area contributed by atoms with Crippen LogP contribution in [0.25, 0.3) is 0 Å². The Morgan fingerprint density at radius 1 is 1.28 bits per heavy atom. The number of hydrogen-bond donors (Lipinski definition) is 1. The molecular formula is C15H23ClN2. The fourth-order valence-electron chi connectivity index (χ4n) is 2.14. The third-order valence-electron chi connectivity index (χ3n) is 3.84. The molecule has 1 N–H and O–H groups in total. The van der Waals surface area contributed by atoms with Gasteiger partial charge in [0.25, 0.3) is 0 Å². The highest BCUT2D eigenvalue weighted by Crippen LogP contribution is 2.41. The predicted octanol–water partition coefficient (Wildman–Crippen LogP) is 3.33. The van der Waals surface area contributed by atoms with Crippen molar-refractivity contribution in [3.05, 3.63) is 34.9 Å². The molecule has 0 aliphatic heterocycles. The molecule has 0 radical (unpaired) electrons. The molecule has 100 valence electrons. The molecule has 1 aromatic rings. The van der Waals surface area contributed by atoms with E-state index in [1.807, 2.05) is 12.1 Å². The monoisotopic (exact) mass is 266 g/mol. The largest absolute Gasteiger partial charge is 0.308 e. The first-order valence-corrected chi connectivity index (χ1v) is 7.11. The van der Waals surface area contributed by atoms with Crippen LogP contribution >= 0.6 is 11.6 Å². The summed E-state index contributed by atoms with van der Waals surface area (Å²) in [5.74, 6) is 0.806. The molecule has 3 heteroatoms. The summed E-state index contributed by atoms with van der Waals surface area (Å²) < 4.78 is 0. The Balaban J connectivity index is 1.98. The van der Waals surface area contributed by atoms with E-state index in [4.69, 9.17) is 11.6 Å². The van der Waals surface area contributed by atoms with Crippen LogP contribution in [-0.4, -0.2) is 31.6 Å². The SMILES string of the molecule is CC(CNC(c1ccc(Cl)cc1)C1CC1)N(C)C. The molecule has 2 nitrogen and oxygen atoms in total. The summed E-state index contributed by atoms with van der Waals surface area (Å²) in [4.78, 5) is 2.25. The molecular weight excluding hydrogens is 244 g/mol. The van der Waals surface area contributed by atoms with Gasteiger partial charge in [0.15, 0.2) is 0 Å². The summed E-state index contributed by atoms with van der Waals surface area (Å²) in [5, 5.41) is 4.53. The van der Waals surface area contributed by atoms with Gasteiger partial charge in [0.05, 0.1) is 0 Å². The topological polar surface area (TPSA) is 15.3 Å². The van der Waals surface area contributed by atoms with Crippen LogP contribution in [-0.2, 0) is 0 Å². The predicted molar refractivity (Wildman–Crippen MR) is 78.1 cm³/mol. The van der Waals surface area contributed by atoms with Gasteiger partial charge in [0.2, 0.25) is 0 Å². The normalized spacial score (nSPS) is 18.9. The molecule has 1 aromatic carbocycles.